The first-order valence-electron chi connectivity index (χ1n) is 4.23. The molecule has 74 valence electrons. The van der Waals surface area contributed by atoms with Gasteiger partial charge < -0.3 is 10.5 Å². The highest BCUT2D eigenvalue weighted by atomic mass is 16.5. The van der Waals surface area contributed by atoms with E-state index in [0.29, 0.717) is 6.73 Å². The summed E-state index contributed by atoms with van der Waals surface area (Å²) in [6, 6.07) is 0.174. The molecule has 1 atom stereocenters. The summed E-state index contributed by atoms with van der Waals surface area (Å²) in [6.07, 6.45) is 1.66. The van der Waals surface area contributed by atoms with Crippen LogP contribution in [0, 0.1) is 0 Å². The number of ether oxygens (including phenoxy) is 1. The van der Waals surface area contributed by atoms with Crippen LogP contribution in [0.5, 0.6) is 0 Å². The SMILES string of the molecule is COCn1nnnc1CCC(C)N. The maximum absolute atomic E-state index is 5.62. The van der Waals surface area contributed by atoms with E-state index in [9.17, 15) is 0 Å². The molecule has 1 unspecified atom stereocenters. The van der Waals surface area contributed by atoms with Crippen LogP contribution in [0.4, 0.5) is 0 Å². The van der Waals surface area contributed by atoms with Crippen LogP contribution < -0.4 is 5.73 Å². The molecule has 6 heteroatoms. The van der Waals surface area contributed by atoms with Crippen LogP contribution in [0.2, 0.25) is 0 Å². The molecule has 0 saturated carbocycles. The molecule has 0 aromatic carbocycles. The van der Waals surface area contributed by atoms with Crippen molar-refractivity contribution in [3.8, 4) is 0 Å². The van der Waals surface area contributed by atoms with Gasteiger partial charge in [0, 0.05) is 19.6 Å². The number of nitrogens with two attached hydrogens (primary N) is 1. The van der Waals surface area contributed by atoms with Crippen molar-refractivity contribution in [3.05, 3.63) is 5.82 Å². The van der Waals surface area contributed by atoms with Crippen LogP contribution in [0.1, 0.15) is 19.2 Å². The first-order chi connectivity index (χ1) is 6.24. The van der Waals surface area contributed by atoms with Gasteiger partial charge in [0.1, 0.15) is 6.73 Å². The number of nitrogens with zero attached hydrogens (tertiary/aromatic N) is 4. The van der Waals surface area contributed by atoms with Crippen molar-refractivity contribution in [1.82, 2.24) is 20.2 Å². The van der Waals surface area contributed by atoms with E-state index in [0.717, 1.165) is 18.7 Å². The second-order valence-electron chi connectivity index (χ2n) is 3.03. The summed E-state index contributed by atoms with van der Waals surface area (Å²) in [6.45, 7) is 2.35. The minimum Gasteiger partial charge on any atom is -0.362 e. The zero-order valence-electron chi connectivity index (χ0n) is 7.97. The molecule has 0 fully saturated rings. The Labute approximate surface area is 77.1 Å². The number of tetrazole rings is 1. The third-order valence-electron chi connectivity index (χ3n) is 1.68. The van der Waals surface area contributed by atoms with Crippen molar-refractivity contribution in [2.75, 3.05) is 7.11 Å². The second kappa shape index (κ2) is 4.88. The lowest BCUT2D eigenvalue weighted by Gasteiger charge is -2.04. The van der Waals surface area contributed by atoms with E-state index in [1.54, 1.807) is 11.8 Å². The molecule has 0 aliphatic carbocycles. The third kappa shape index (κ3) is 3.08. The standard InChI is InChI=1S/C7H15N5O/c1-6(8)3-4-7-9-10-11-12(7)5-13-2/h6H,3-5,8H2,1-2H3. The fraction of sp³-hybridized carbons (Fsp3) is 0.857. The van der Waals surface area contributed by atoms with Gasteiger partial charge in [-0.15, -0.1) is 5.10 Å². The molecule has 0 radical (unpaired) electrons. The zero-order chi connectivity index (χ0) is 9.68. The molecule has 0 aliphatic heterocycles. The van der Waals surface area contributed by atoms with Crippen LogP contribution >= 0.6 is 0 Å². The average molecular weight is 185 g/mol. The largest absolute Gasteiger partial charge is 0.362 e. The number of aromatic nitrogens is 4. The lowest BCUT2D eigenvalue weighted by Crippen LogP contribution is -2.17. The van der Waals surface area contributed by atoms with Crippen LogP contribution in [0.15, 0.2) is 0 Å². The highest BCUT2D eigenvalue weighted by Gasteiger charge is 2.05. The molecular weight excluding hydrogens is 170 g/mol. The topological polar surface area (TPSA) is 78.8 Å². The van der Waals surface area contributed by atoms with Gasteiger partial charge in [-0.05, 0) is 23.8 Å². The van der Waals surface area contributed by atoms with Crippen molar-refractivity contribution in [1.29, 1.82) is 0 Å². The monoisotopic (exact) mass is 185 g/mol. The highest BCUT2D eigenvalue weighted by molar-refractivity contribution is 4.81. The van der Waals surface area contributed by atoms with Gasteiger partial charge in [0.05, 0.1) is 0 Å². The Morgan fingerprint density at radius 2 is 2.38 bits per heavy atom. The van der Waals surface area contributed by atoms with Gasteiger partial charge in [-0.1, -0.05) is 0 Å². The van der Waals surface area contributed by atoms with E-state index in [4.69, 9.17) is 10.5 Å². The van der Waals surface area contributed by atoms with Crippen LogP contribution in [0.25, 0.3) is 0 Å². The number of hydrogen-bond acceptors (Lipinski definition) is 5. The van der Waals surface area contributed by atoms with E-state index in [1.165, 1.54) is 0 Å². The summed E-state index contributed by atoms with van der Waals surface area (Å²) in [5.74, 6) is 0.819. The van der Waals surface area contributed by atoms with Gasteiger partial charge in [0.25, 0.3) is 0 Å². The van der Waals surface area contributed by atoms with Gasteiger partial charge in [-0.2, -0.15) is 0 Å². The molecule has 13 heavy (non-hydrogen) atoms. The Morgan fingerprint density at radius 3 is 3.00 bits per heavy atom. The normalized spacial score (nSPS) is 13.2. The lowest BCUT2D eigenvalue weighted by molar-refractivity contribution is 0.116. The molecule has 1 aromatic rings. The fourth-order valence-corrected chi connectivity index (χ4v) is 0.982. The fourth-order valence-electron chi connectivity index (χ4n) is 0.982. The maximum atomic E-state index is 5.62. The number of methoxy groups -OCH3 is 1. The highest BCUT2D eigenvalue weighted by Crippen LogP contribution is 1.99. The Kier molecular flexibility index (Phi) is 3.78. The number of rotatable bonds is 5. The molecular formula is C7H15N5O. The Hall–Kier alpha value is -1.01. The molecule has 1 rings (SSSR count). The van der Waals surface area contributed by atoms with E-state index < -0.39 is 0 Å². The van der Waals surface area contributed by atoms with Crippen molar-refractivity contribution in [2.24, 2.45) is 5.73 Å². The van der Waals surface area contributed by atoms with Gasteiger partial charge in [-0.25, -0.2) is 4.68 Å². The van der Waals surface area contributed by atoms with Crippen LogP contribution in [-0.4, -0.2) is 33.4 Å². The van der Waals surface area contributed by atoms with Crippen molar-refractivity contribution >= 4 is 0 Å². The van der Waals surface area contributed by atoms with Crippen molar-refractivity contribution in [2.45, 2.75) is 32.5 Å². The lowest BCUT2D eigenvalue weighted by atomic mass is 10.2. The average Bonchev–Trinajstić information content (AvgIpc) is 2.49. The molecule has 0 spiro atoms. The summed E-state index contributed by atoms with van der Waals surface area (Å²) in [4.78, 5) is 0. The Bertz CT molecular complexity index is 247. The second-order valence-corrected chi connectivity index (χ2v) is 3.03. The first-order valence-corrected chi connectivity index (χ1v) is 4.23. The Balaban J connectivity index is 2.49. The van der Waals surface area contributed by atoms with Crippen LogP contribution in [0.3, 0.4) is 0 Å². The van der Waals surface area contributed by atoms with E-state index in [1.807, 2.05) is 6.92 Å². The molecule has 1 heterocycles. The number of aryl methyl sites for hydroxylation is 1. The molecule has 0 aliphatic rings. The maximum Gasteiger partial charge on any atom is 0.154 e. The Morgan fingerprint density at radius 1 is 1.62 bits per heavy atom. The molecule has 6 nitrogen and oxygen atoms in total. The van der Waals surface area contributed by atoms with Gasteiger partial charge in [0.15, 0.2) is 5.82 Å². The smallest absolute Gasteiger partial charge is 0.154 e. The summed E-state index contributed by atoms with van der Waals surface area (Å²) in [7, 11) is 1.61. The summed E-state index contributed by atoms with van der Waals surface area (Å²) in [5.41, 5.74) is 5.62. The minimum atomic E-state index is 0.174. The first kappa shape index (κ1) is 10.1. The van der Waals surface area contributed by atoms with Gasteiger partial charge in [-0.3, -0.25) is 0 Å². The molecule has 2 N–H and O–H groups in total. The predicted octanol–water partition coefficient (Wildman–Crippen LogP) is -0.443. The zero-order valence-corrected chi connectivity index (χ0v) is 7.97. The third-order valence-corrected chi connectivity index (χ3v) is 1.68. The van der Waals surface area contributed by atoms with Crippen LogP contribution in [-0.2, 0) is 17.9 Å². The quantitative estimate of drug-likeness (QED) is 0.672. The van der Waals surface area contributed by atoms with Crippen molar-refractivity contribution in [3.63, 3.8) is 0 Å². The molecule has 0 saturated heterocycles. The summed E-state index contributed by atoms with van der Waals surface area (Å²) >= 11 is 0. The molecule has 0 amide bonds. The van der Waals surface area contributed by atoms with E-state index >= 15 is 0 Å². The molecule has 1 aromatic heterocycles. The van der Waals surface area contributed by atoms with E-state index in [2.05, 4.69) is 15.5 Å². The number of hydrogen-bond donors (Lipinski definition) is 1. The van der Waals surface area contributed by atoms with Gasteiger partial charge >= 0.3 is 0 Å². The molecule has 0 bridgehead atoms. The van der Waals surface area contributed by atoms with E-state index in [-0.39, 0.29) is 6.04 Å². The van der Waals surface area contributed by atoms with Crippen molar-refractivity contribution < 1.29 is 4.74 Å². The summed E-state index contributed by atoms with van der Waals surface area (Å²) < 4.78 is 6.55. The van der Waals surface area contributed by atoms with Gasteiger partial charge in [0.2, 0.25) is 0 Å². The minimum absolute atomic E-state index is 0.174. The predicted molar refractivity (Wildman–Crippen MR) is 46.8 cm³/mol. The summed E-state index contributed by atoms with van der Waals surface area (Å²) in [5, 5.41) is 11.2.